The molecule has 6 nitrogen and oxygen atoms in total. The number of halogens is 2. The molecule has 0 heterocycles. The molecule has 36 heavy (non-hydrogen) atoms. The average molecular weight is 545 g/mol. The third-order valence-corrected chi connectivity index (χ3v) is 8.20. The fraction of sp³-hybridized carbons (Fsp3) is 0.259. The van der Waals surface area contributed by atoms with Crippen molar-refractivity contribution in [2.75, 3.05) is 24.7 Å². The second kappa shape index (κ2) is 11.9. The lowest BCUT2D eigenvalue weighted by molar-refractivity contribution is -0.115. The van der Waals surface area contributed by atoms with Crippen LogP contribution in [-0.4, -0.2) is 38.6 Å². The van der Waals surface area contributed by atoms with Crippen molar-refractivity contribution in [3.8, 4) is 17.2 Å². The first-order valence-electron chi connectivity index (χ1n) is 11.4. The molecule has 0 saturated heterocycles. The van der Waals surface area contributed by atoms with Crippen molar-refractivity contribution in [3.05, 3.63) is 81.3 Å². The average Bonchev–Trinajstić information content (AvgIpc) is 2.84. The lowest BCUT2D eigenvalue weighted by Gasteiger charge is -2.16. The predicted octanol–water partition coefficient (Wildman–Crippen LogP) is 5.96. The lowest BCUT2D eigenvalue weighted by atomic mass is 9.99. The summed E-state index contributed by atoms with van der Waals surface area (Å²) in [4.78, 5) is 14.9. The van der Waals surface area contributed by atoms with Gasteiger partial charge < -0.3 is 10.2 Å². The second-order valence-corrected chi connectivity index (χ2v) is 11.5. The number of rotatable bonds is 9. The van der Waals surface area contributed by atoms with Gasteiger partial charge in [0.2, 0.25) is 5.91 Å². The Morgan fingerprint density at radius 2 is 1.67 bits per heavy atom. The first-order valence-corrected chi connectivity index (χ1v) is 13.8. The van der Waals surface area contributed by atoms with E-state index in [2.05, 4.69) is 23.2 Å². The Bertz CT molecular complexity index is 1390. The van der Waals surface area contributed by atoms with Crippen molar-refractivity contribution >= 4 is 44.6 Å². The fourth-order valence-corrected chi connectivity index (χ4v) is 5.26. The van der Waals surface area contributed by atoms with Gasteiger partial charge in [-0.1, -0.05) is 61.3 Å². The minimum Gasteiger partial charge on any atom is -0.326 e. The number of carbonyl (C=O) groups excluding carboxylic acids is 1. The Labute approximate surface area is 222 Å². The summed E-state index contributed by atoms with van der Waals surface area (Å²) in [5.41, 5.74) is 3.87. The van der Waals surface area contributed by atoms with Crippen LogP contribution in [0.25, 0.3) is 11.1 Å². The van der Waals surface area contributed by atoms with Gasteiger partial charge in [-0.2, -0.15) is 5.26 Å². The summed E-state index contributed by atoms with van der Waals surface area (Å²) in [5, 5.41) is 13.1. The Morgan fingerprint density at radius 1 is 1.03 bits per heavy atom. The third kappa shape index (κ3) is 6.65. The summed E-state index contributed by atoms with van der Waals surface area (Å²) < 4.78 is 23.9. The summed E-state index contributed by atoms with van der Waals surface area (Å²) in [7, 11) is -1.30. The van der Waals surface area contributed by atoms with Crippen molar-refractivity contribution in [2.45, 2.75) is 31.7 Å². The molecule has 0 aliphatic rings. The molecule has 0 spiro atoms. The predicted molar refractivity (Wildman–Crippen MR) is 145 cm³/mol. The number of nitriles is 1. The van der Waals surface area contributed by atoms with E-state index >= 15 is 0 Å². The van der Waals surface area contributed by atoms with E-state index in [1.807, 2.05) is 19.2 Å². The molecule has 0 aromatic heterocycles. The molecule has 0 unspecified atom stereocenters. The zero-order chi connectivity index (χ0) is 26.5. The van der Waals surface area contributed by atoms with Crippen LogP contribution < -0.4 is 5.32 Å². The maximum Gasteiger partial charge on any atom is 0.228 e. The topological polar surface area (TPSA) is 90.3 Å². The van der Waals surface area contributed by atoms with E-state index in [1.54, 1.807) is 37.3 Å². The minimum absolute atomic E-state index is 0.0164. The molecule has 0 fully saturated rings. The van der Waals surface area contributed by atoms with E-state index in [0.717, 1.165) is 12.1 Å². The molecule has 0 saturated carbocycles. The highest BCUT2D eigenvalue weighted by atomic mass is 35.5. The minimum atomic E-state index is -3.29. The first kappa shape index (κ1) is 27.7. The second-order valence-electron chi connectivity index (χ2n) is 8.40. The standard InChI is InChI=1S/C27H27Cl2N3O3S/c1-4-32(3)17-20-9-8-19(13-21(20)16-30)27-24(28)14-22(15-25(27)29)31-26(33)12-18-6-10-23(11-7-18)36(34,35)5-2/h6-11,13-15H,4-5,12,17H2,1-3H3,(H,31,33). The van der Waals surface area contributed by atoms with Crippen LogP contribution >= 0.6 is 23.2 Å². The van der Waals surface area contributed by atoms with Gasteiger partial charge in [0.1, 0.15) is 0 Å². The van der Waals surface area contributed by atoms with Crippen LogP contribution in [0.15, 0.2) is 59.5 Å². The Morgan fingerprint density at radius 3 is 2.22 bits per heavy atom. The van der Waals surface area contributed by atoms with Crippen molar-refractivity contribution in [3.63, 3.8) is 0 Å². The van der Waals surface area contributed by atoms with Gasteiger partial charge in [0, 0.05) is 17.8 Å². The molecule has 188 valence electrons. The molecule has 3 aromatic rings. The number of sulfone groups is 1. The van der Waals surface area contributed by atoms with Gasteiger partial charge in [-0.05, 0) is 60.6 Å². The molecule has 0 bridgehead atoms. The largest absolute Gasteiger partial charge is 0.326 e. The summed E-state index contributed by atoms with van der Waals surface area (Å²) in [5.74, 6) is -0.278. The number of hydrogen-bond donors (Lipinski definition) is 1. The number of hydrogen-bond acceptors (Lipinski definition) is 5. The van der Waals surface area contributed by atoms with E-state index in [1.165, 1.54) is 12.1 Å². The van der Waals surface area contributed by atoms with Crippen molar-refractivity contribution in [1.82, 2.24) is 4.90 Å². The number of anilines is 1. The summed E-state index contributed by atoms with van der Waals surface area (Å²) in [6.45, 7) is 5.16. The maximum absolute atomic E-state index is 12.6. The Balaban J connectivity index is 1.77. The van der Waals surface area contributed by atoms with Crippen molar-refractivity contribution in [1.29, 1.82) is 5.26 Å². The SMILES string of the molecule is CCN(C)Cc1ccc(-c2c(Cl)cc(NC(=O)Cc3ccc(S(=O)(=O)CC)cc3)cc2Cl)cc1C#N. The van der Waals surface area contributed by atoms with E-state index in [0.29, 0.717) is 44.5 Å². The summed E-state index contributed by atoms with van der Waals surface area (Å²) >= 11 is 13.1. The molecule has 3 rings (SSSR count). The fourth-order valence-electron chi connectivity index (χ4n) is 3.67. The van der Waals surface area contributed by atoms with Crippen LogP contribution in [0.4, 0.5) is 5.69 Å². The highest BCUT2D eigenvalue weighted by Gasteiger charge is 2.16. The number of benzene rings is 3. The van der Waals surface area contributed by atoms with Crippen LogP contribution in [0.1, 0.15) is 30.5 Å². The quantitative estimate of drug-likeness (QED) is 0.359. The molecule has 9 heteroatoms. The van der Waals surface area contributed by atoms with Crippen LogP contribution in [0.3, 0.4) is 0 Å². The van der Waals surface area contributed by atoms with Gasteiger partial charge in [0.25, 0.3) is 0 Å². The monoisotopic (exact) mass is 543 g/mol. The molecule has 0 aliphatic carbocycles. The normalized spacial score (nSPS) is 11.4. The number of nitrogens with one attached hydrogen (secondary N) is 1. The van der Waals surface area contributed by atoms with Gasteiger partial charge in [-0.3, -0.25) is 4.79 Å². The van der Waals surface area contributed by atoms with Crippen LogP contribution in [-0.2, 0) is 27.6 Å². The molecule has 0 aliphatic heterocycles. The van der Waals surface area contributed by atoms with Crippen LogP contribution in [0, 0.1) is 11.3 Å². The third-order valence-electron chi connectivity index (χ3n) is 5.85. The molecular weight excluding hydrogens is 517 g/mol. The smallest absolute Gasteiger partial charge is 0.228 e. The molecule has 1 amide bonds. The lowest BCUT2D eigenvalue weighted by Crippen LogP contribution is -2.17. The van der Waals surface area contributed by atoms with E-state index in [4.69, 9.17) is 23.2 Å². The summed E-state index contributed by atoms with van der Waals surface area (Å²) in [6.07, 6.45) is 0.0582. The maximum atomic E-state index is 12.6. The molecular formula is C27H27Cl2N3O3S. The van der Waals surface area contributed by atoms with Gasteiger partial charge in [0.15, 0.2) is 9.84 Å². The van der Waals surface area contributed by atoms with Gasteiger partial charge in [-0.15, -0.1) is 0 Å². The molecule has 0 atom stereocenters. The zero-order valence-electron chi connectivity index (χ0n) is 20.3. The van der Waals surface area contributed by atoms with Crippen molar-refractivity contribution < 1.29 is 13.2 Å². The number of carbonyl (C=O) groups is 1. The Hall–Kier alpha value is -2.89. The highest BCUT2D eigenvalue weighted by Crippen LogP contribution is 2.38. The Kier molecular flexibility index (Phi) is 9.15. The summed E-state index contributed by atoms with van der Waals surface area (Å²) in [6, 6.07) is 17.3. The van der Waals surface area contributed by atoms with Crippen LogP contribution in [0.5, 0.6) is 0 Å². The van der Waals surface area contributed by atoms with E-state index < -0.39 is 9.84 Å². The van der Waals surface area contributed by atoms with Crippen molar-refractivity contribution in [2.24, 2.45) is 0 Å². The van der Waals surface area contributed by atoms with Gasteiger partial charge >= 0.3 is 0 Å². The van der Waals surface area contributed by atoms with Gasteiger partial charge in [-0.25, -0.2) is 8.42 Å². The molecule has 3 aromatic carbocycles. The van der Waals surface area contributed by atoms with E-state index in [9.17, 15) is 18.5 Å². The first-order chi connectivity index (χ1) is 17.1. The van der Waals surface area contributed by atoms with Crippen LogP contribution in [0.2, 0.25) is 10.0 Å². The van der Waals surface area contributed by atoms with E-state index in [-0.39, 0.29) is 23.0 Å². The zero-order valence-corrected chi connectivity index (χ0v) is 22.6. The number of nitrogens with zero attached hydrogens (tertiary/aromatic N) is 2. The molecule has 1 N–H and O–H groups in total. The van der Waals surface area contributed by atoms with Gasteiger partial charge in [0.05, 0.1) is 38.7 Å². The molecule has 0 radical (unpaired) electrons. The highest BCUT2D eigenvalue weighted by molar-refractivity contribution is 7.91. The number of amides is 1.